The third kappa shape index (κ3) is 2.60. The third-order valence-electron chi connectivity index (χ3n) is 3.19. The molecule has 0 saturated carbocycles. The molecular formula is C14H13N5O2S. The first-order valence-corrected chi connectivity index (χ1v) is 7.24. The van der Waals surface area contributed by atoms with Crippen LogP contribution in [0.1, 0.15) is 21.7 Å². The number of fused-ring (bicyclic) bond motifs is 1. The number of carbonyl (C=O) groups excluding carboxylic acids is 1. The summed E-state index contributed by atoms with van der Waals surface area (Å²) in [7, 11) is 1.50. The molecule has 2 heterocycles. The van der Waals surface area contributed by atoms with Crippen molar-refractivity contribution in [3.63, 3.8) is 0 Å². The lowest BCUT2D eigenvalue weighted by Crippen LogP contribution is -2.15. The van der Waals surface area contributed by atoms with Crippen molar-refractivity contribution in [3.8, 4) is 6.01 Å². The van der Waals surface area contributed by atoms with E-state index in [-0.39, 0.29) is 11.9 Å². The van der Waals surface area contributed by atoms with E-state index in [0.29, 0.717) is 28.2 Å². The molecule has 1 aromatic carbocycles. The number of aryl methyl sites for hydroxylation is 2. The predicted molar refractivity (Wildman–Crippen MR) is 83.4 cm³/mol. The van der Waals surface area contributed by atoms with Crippen LogP contribution in [0.2, 0.25) is 0 Å². The van der Waals surface area contributed by atoms with Gasteiger partial charge >= 0.3 is 6.01 Å². The Kier molecular flexibility index (Phi) is 3.68. The van der Waals surface area contributed by atoms with E-state index < -0.39 is 0 Å². The van der Waals surface area contributed by atoms with Crippen LogP contribution in [0.4, 0.5) is 5.69 Å². The lowest BCUT2D eigenvalue weighted by molar-refractivity contribution is 0.102. The van der Waals surface area contributed by atoms with Gasteiger partial charge in [-0.1, -0.05) is 0 Å². The number of aromatic nitrogens is 4. The van der Waals surface area contributed by atoms with Gasteiger partial charge in [-0.05, 0) is 32.0 Å². The van der Waals surface area contributed by atoms with Gasteiger partial charge in [-0.3, -0.25) is 4.79 Å². The van der Waals surface area contributed by atoms with Gasteiger partial charge in [0.05, 0.1) is 35.9 Å². The zero-order valence-corrected chi connectivity index (χ0v) is 13.1. The number of nitrogens with one attached hydrogen (secondary N) is 1. The minimum absolute atomic E-state index is 0.241. The number of benzene rings is 1. The molecule has 2 aromatic heterocycles. The Hall–Kier alpha value is -2.61. The topological polar surface area (TPSA) is 89.9 Å². The number of carbonyl (C=O) groups is 1. The summed E-state index contributed by atoms with van der Waals surface area (Å²) in [5.74, 6) is -0.241. The van der Waals surface area contributed by atoms with Crippen LogP contribution in [0.25, 0.3) is 11.0 Å². The van der Waals surface area contributed by atoms with E-state index in [1.807, 2.05) is 0 Å². The fourth-order valence-electron chi connectivity index (χ4n) is 2.07. The molecule has 0 fully saturated rings. The van der Waals surface area contributed by atoms with Crippen LogP contribution in [-0.2, 0) is 0 Å². The van der Waals surface area contributed by atoms with Crippen molar-refractivity contribution in [2.75, 3.05) is 12.4 Å². The summed E-state index contributed by atoms with van der Waals surface area (Å²) >= 11 is 1.12. The Labute approximate surface area is 130 Å². The fourth-order valence-corrected chi connectivity index (χ4v) is 2.58. The Balaban J connectivity index is 1.90. The van der Waals surface area contributed by atoms with Crippen molar-refractivity contribution in [1.29, 1.82) is 0 Å². The molecule has 3 aromatic rings. The molecular weight excluding hydrogens is 302 g/mol. The Morgan fingerprint density at radius 1 is 1.14 bits per heavy atom. The van der Waals surface area contributed by atoms with Crippen molar-refractivity contribution in [2.24, 2.45) is 0 Å². The first-order valence-electron chi connectivity index (χ1n) is 6.51. The van der Waals surface area contributed by atoms with E-state index in [1.54, 1.807) is 32.0 Å². The van der Waals surface area contributed by atoms with Crippen molar-refractivity contribution in [2.45, 2.75) is 13.8 Å². The first kappa shape index (κ1) is 14.3. The quantitative estimate of drug-likeness (QED) is 0.798. The summed E-state index contributed by atoms with van der Waals surface area (Å²) in [4.78, 5) is 20.7. The maximum absolute atomic E-state index is 12.4. The summed E-state index contributed by atoms with van der Waals surface area (Å²) in [6.07, 6.45) is 0. The molecule has 1 amide bonds. The van der Waals surface area contributed by atoms with E-state index in [2.05, 4.69) is 24.0 Å². The molecule has 22 heavy (non-hydrogen) atoms. The maximum Gasteiger partial charge on any atom is 0.316 e. The molecule has 0 atom stereocenters. The number of anilines is 1. The zero-order chi connectivity index (χ0) is 15.7. The van der Waals surface area contributed by atoms with Gasteiger partial charge in [0.2, 0.25) is 0 Å². The molecule has 0 aliphatic heterocycles. The molecule has 3 rings (SSSR count). The van der Waals surface area contributed by atoms with E-state index in [4.69, 9.17) is 4.74 Å². The summed E-state index contributed by atoms with van der Waals surface area (Å²) in [5.41, 5.74) is 3.87. The summed E-state index contributed by atoms with van der Waals surface area (Å²) < 4.78 is 13.3. The van der Waals surface area contributed by atoms with E-state index in [1.165, 1.54) is 7.11 Å². The molecule has 112 valence electrons. The smallest absolute Gasteiger partial charge is 0.316 e. The van der Waals surface area contributed by atoms with Crippen molar-refractivity contribution < 1.29 is 9.53 Å². The Morgan fingerprint density at radius 2 is 1.82 bits per heavy atom. The zero-order valence-electron chi connectivity index (χ0n) is 12.2. The van der Waals surface area contributed by atoms with Crippen LogP contribution in [0.3, 0.4) is 0 Å². The fraction of sp³-hybridized carbons (Fsp3) is 0.214. The van der Waals surface area contributed by atoms with Gasteiger partial charge in [0.15, 0.2) is 0 Å². The standard InChI is InChI=1S/C14H13N5O2S/c1-7-12(8(2)16-14(15-7)21-3)17-13(20)9-4-5-10-11(6-9)19-22-18-10/h4-6H,1-3H3,(H,17,20). The lowest BCUT2D eigenvalue weighted by atomic mass is 10.1. The first-order chi connectivity index (χ1) is 10.6. The second-order valence-electron chi connectivity index (χ2n) is 4.68. The number of ether oxygens (including phenoxy) is 1. The number of amides is 1. The minimum Gasteiger partial charge on any atom is -0.467 e. The Morgan fingerprint density at radius 3 is 2.50 bits per heavy atom. The number of nitrogens with zero attached hydrogens (tertiary/aromatic N) is 4. The highest BCUT2D eigenvalue weighted by Crippen LogP contribution is 2.21. The van der Waals surface area contributed by atoms with Crippen LogP contribution < -0.4 is 10.1 Å². The highest BCUT2D eigenvalue weighted by Gasteiger charge is 2.14. The normalized spacial score (nSPS) is 10.7. The number of hydrogen-bond donors (Lipinski definition) is 1. The maximum atomic E-state index is 12.4. The number of rotatable bonds is 3. The molecule has 0 saturated heterocycles. The van der Waals surface area contributed by atoms with Gasteiger partial charge in [-0.25, -0.2) is 0 Å². The van der Waals surface area contributed by atoms with Gasteiger partial charge in [0.25, 0.3) is 5.91 Å². The van der Waals surface area contributed by atoms with Crippen LogP contribution in [0, 0.1) is 13.8 Å². The number of methoxy groups -OCH3 is 1. The van der Waals surface area contributed by atoms with E-state index in [9.17, 15) is 4.79 Å². The van der Waals surface area contributed by atoms with Crippen molar-refractivity contribution >= 4 is 34.4 Å². The minimum atomic E-state index is -0.241. The summed E-state index contributed by atoms with van der Waals surface area (Å²) in [6.45, 7) is 3.58. The molecule has 7 nitrogen and oxygen atoms in total. The van der Waals surface area contributed by atoms with Crippen LogP contribution >= 0.6 is 11.7 Å². The number of hydrogen-bond acceptors (Lipinski definition) is 7. The molecule has 1 N–H and O–H groups in total. The predicted octanol–water partition coefficient (Wildman–Crippen LogP) is 2.36. The molecule has 8 heteroatoms. The molecule has 0 spiro atoms. The van der Waals surface area contributed by atoms with Gasteiger partial charge < -0.3 is 10.1 Å². The second kappa shape index (κ2) is 5.64. The van der Waals surface area contributed by atoms with Crippen LogP contribution in [0.15, 0.2) is 18.2 Å². The van der Waals surface area contributed by atoms with Crippen molar-refractivity contribution in [3.05, 3.63) is 35.2 Å². The van der Waals surface area contributed by atoms with Crippen molar-refractivity contribution in [1.82, 2.24) is 18.7 Å². The average Bonchev–Trinajstić information content (AvgIpc) is 2.97. The Bertz CT molecular complexity index is 838. The molecule has 0 radical (unpaired) electrons. The molecule has 0 aliphatic rings. The highest BCUT2D eigenvalue weighted by atomic mass is 32.1. The van der Waals surface area contributed by atoms with Crippen LogP contribution in [-0.4, -0.2) is 31.7 Å². The lowest BCUT2D eigenvalue weighted by Gasteiger charge is -2.11. The molecule has 0 unspecified atom stereocenters. The third-order valence-corrected chi connectivity index (χ3v) is 3.74. The SMILES string of the molecule is COc1nc(C)c(NC(=O)c2ccc3nsnc3c2)c(C)n1. The average molecular weight is 315 g/mol. The molecule has 0 aliphatic carbocycles. The molecule has 0 bridgehead atoms. The van der Waals surface area contributed by atoms with Crippen LogP contribution in [0.5, 0.6) is 6.01 Å². The van der Waals surface area contributed by atoms with Gasteiger partial charge in [0, 0.05) is 5.56 Å². The van der Waals surface area contributed by atoms with E-state index in [0.717, 1.165) is 17.2 Å². The van der Waals surface area contributed by atoms with Gasteiger partial charge in [-0.2, -0.15) is 18.7 Å². The monoisotopic (exact) mass is 315 g/mol. The van der Waals surface area contributed by atoms with Gasteiger partial charge in [-0.15, -0.1) is 0 Å². The second-order valence-corrected chi connectivity index (χ2v) is 5.21. The van der Waals surface area contributed by atoms with Gasteiger partial charge in [0.1, 0.15) is 11.0 Å². The summed E-state index contributed by atoms with van der Waals surface area (Å²) in [6, 6.07) is 5.48. The largest absolute Gasteiger partial charge is 0.467 e. The van der Waals surface area contributed by atoms with E-state index >= 15 is 0 Å². The summed E-state index contributed by atoms with van der Waals surface area (Å²) in [5, 5.41) is 2.84. The highest BCUT2D eigenvalue weighted by molar-refractivity contribution is 7.00.